The normalized spacial score (nSPS) is 15.7. The molecule has 8 aromatic carbocycles. The standard InChI is InChI=1S/C50H34SSi/c1-4-17-33(18-5-1)52(34-19-6-2-7-20-34,35-21-8-3-9-22-35)45-32-16-30-43-46-37-24-10-11-25-38(37)49(48(43)45)47-39(26-14-29-42(46)47)41-28-15-27-40-36-23-12-13-31-44(36)51-50(40)41/h1-32,46,49H. The summed E-state index contributed by atoms with van der Waals surface area (Å²) in [6.45, 7) is 0. The Balaban J connectivity index is 1.26. The van der Waals surface area contributed by atoms with Gasteiger partial charge in [-0.05, 0) is 71.3 Å². The van der Waals surface area contributed by atoms with Crippen LogP contribution in [0.1, 0.15) is 45.2 Å². The molecule has 0 spiro atoms. The van der Waals surface area contributed by atoms with Gasteiger partial charge in [0, 0.05) is 32.0 Å². The SMILES string of the molecule is c1ccc([Si](c2ccccc2)(c2ccccc2)c2cccc3c2C2c4ccccc4C3c3cccc(-c4cccc5c4sc4ccccc45)c32)cc1. The zero-order valence-electron chi connectivity index (χ0n) is 28.5. The van der Waals surface area contributed by atoms with Gasteiger partial charge in [0.25, 0.3) is 0 Å². The van der Waals surface area contributed by atoms with Gasteiger partial charge in [-0.1, -0.05) is 188 Å². The van der Waals surface area contributed by atoms with Crippen molar-refractivity contribution in [2.45, 2.75) is 11.8 Å². The molecule has 0 fully saturated rings. The van der Waals surface area contributed by atoms with Crippen molar-refractivity contribution < 1.29 is 0 Å². The molecule has 0 radical (unpaired) electrons. The third kappa shape index (κ3) is 4.08. The second-order valence-corrected chi connectivity index (χ2v) is 19.1. The minimum absolute atomic E-state index is 0.103. The summed E-state index contributed by atoms with van der Waals surface area (Å²) in [5.41, 5.74) is 11.5. The fourth-order valence-corrected chi connectivity index (χ4v) is 16.1. The first kappa shape index (κ1) is 29.9. The summed E-state index contributed by atoms with van der Waals surface area (Å²) in [6, 6.07) is 73.8. The van der Waals surface area contributed by atoms with Crippen LogP contribution in [0.4, 0.5) is 0 Å². The van der Waals surface area contributed by atoms with Crippen LogP contribution in [-0.4, -0.2) is 8.07 Å². The molecule has 2 atom stereocenters. The molecule has 3 aliphatic rings. The predicted octanol–water partition coefficient (Wildman–Crippen LogP) is 10.1. The Morgan fingerprint density at radius 3 is 1.50 bits per heavy atom. The van der Waals surface area contributed by atoms with E-state index in [9.17, 15) is 0 Å². The predicted molar refractivity (Wildman–Crippen MR) is 223 cm³/mol. The highest BCUT2D eigenvalue weighted by Crippen LogP contribution is 2.58. The lowest BCUT2D eigenvalue weighted by Crippen LogP contribution is -2.75. The fraction of sp³-hybridized carbons (Fsp3) is 0.0400. The van der Waals surface area contributed by atoms with E-state index in [1.54, 1.807) is 0 Å². The summed E-state index contributed by atoms with van der Waals surface area (Å²) in [7, 11) is -2.82. The van der Waals surface area contributed by atoms with Crippen LogP contribution in [0.2, 0.25) is 0 Å². The van der Waals surface area contributed by atoms with Crippen LogP contribution in [0.25, 0.3) is 31.3 Å². The number of fused-ring (bicyclic) bond motifs is 3. The minimum atomic E-state index is -2.82. The van der Waals surface area contributed by atoms with Crippen molar-refractivity contribution in [1.29, 1.82) is 0 Å². The molecule has 0 aliphatic heterocycles. The van der Waals surface area contributed by atoms with E-state index in [1.165, 1.54) is 85.4 Å². The van der Waals surface area contributed by atoms with E-state index in [1.807, 2.05) is 11.3 Å². The molecule has 2 bridgehead atoms. The lowest BCUT2D eigenvalue weighted by molar-refractivity contribution is 0.760. The van der Waals surface area contributed by atoms with Crippen molar-refractivity contribution in [3.8, 4) is 11.1 Å². The Hall–Kier alpha value is -5.80. The van der Waals surface area contributed by atoms with Crippen LogP contribution >= 0.6 is 11.3 Å². The molecular formula is C50H34SSi. The van der Waals surface area contributed by atoms with E-state index in [0.29, 0.717) is 0 Å². The largest absolute Gasteiger partial charge is 0.179 e. The summed E-state index contributed by atoms with van der Waals surface area (Å²) in [6.07, 6.45) is 0. The van der Waals surface area contributed by atoms with Gasteiger partial charge in [0.2, 0.25) is 0 Å². The second-order valence-electron chi connectivity index (χ2n) is 14.2. The average Bonchev–Trinajstić information content (AvgIpc) is 3.61. The van der Waals surface area contributed by atoms with Gasteiger partial charge in [0.15, 0.2) is 8.07 Å². The summed E-state index contributed by atoms with van der Waals surface area (Å²) in [4.78, 5) is 0. The van der Waals surface area contributed by atoms with E-state index in [0.717, 1.165) is 0 Å². The van der Waals surface area contributed by atoms with Gasteiger partial charge >= 0.3 is 0 Å². The zero-order valence-corrected chi connectivity index (χ0v) is 30.4. The van der Waals surface area contributed by atoms with E-state index in [2.05, 4.69) is 194 Å². The van der Waals surface area contributed by atoms with Crippen molar-refractivity contribution in [1.82, 2.24) is 0 Å². The van der Waals surface area contributed by atoms with E-state index in [-0.39, 0.29) is 11.8 Å². The third-order valence-electron chi connectivity index (χ3n) is 11.8. The summed E-state index contributed by atoms with van der Waals surface area (Å²) < 4.78 is 2.72. The van der Waals surface area contributed by atoms with Gasteiger partial charge in [-0.2, -0.15) is 0 Å². The van der Waals surface area contributed by atoms with E-state index < -0.39 is 8.07 Å². The Kier molecular flexibility index (Phi) is 6.67. The molecular weight excluding hydrogens is 661 g/mol. The number of hydrogen-bond acceptors (Lipinski definition) is 1. The van der Waals surface area contributed by atoms with Crippen LogP contribution < -0.4 is 20.7 Å². The molecule has 9 aromatic rings. The van der Waals surface area contributed by atoms with Crippen LogP contribution in [-0.2, 0) is 0 Å². The van der Waals surface area contributed by atoms with Crippen LogP contribution in [0.15, 0.2) is 194 Å². The Labute approximate surface area is 309 Å². The quantitative estimate of drug-likeness (QED) is 0.124. The van der Waals surface area contributed by atoms with Gasteiger partial charge in [-0.15, -0.1) is 11.3 Å². The van der Waals surface area contributed by atoms with Gasteiger partial charge in [-0.3, -0.25) is 0 Å². The minimum Gasteiger partial charge on any atom is -0.135 e. The highest BCUT2D eigenvalue weighted by molar-refractivity contribution is 7.26. The molecule has 2 unspecified atom stereocenters. The molecule has 0 saturated carbocycles. The molecule has 0 N–H and O–H groups in total. The zero-order chi connectivity index (χ0) is 34.2. The van der Waals surface area contributed by atoms with Crippen LogP contribution in [0.5, 0.6) is 0 Å². The molecule has 244 valence electrons. The Morgan fingerprint density at radius 2 is 0.827 bits per heavy atom. The third-order valence-corrected chi connectivity index (χ3v) is 17.9. The molecule has 0 nitrogen and oxygen atoms in total. The molecule has 0 saturated heterocycles. The molecule has 1 aromatic heterocycles. The van der Waals surface area contributed by atoms with Crippen molar-refractivity contribution >= 4 is 60.3 Å². The lowest BCUT2D eigenvalue weighted by atomic mass is 9.60. The second kappa shape index (κ2) is 11.6. The van der Waals surface area contributed by atoms with Crippen molar-refractivity contribution in [2.75, 3.05) is 0 Å². The van der Waals surface area contributed by atoms with Gasteiger partial charge < -0.3 is 0 Å². The molecule has 0 amide bonds. The summed E-state index contributed by atoms with van der Waals surface area (Å²) >= 11 is 1.93. The van der Waals surface area contributed by atoms with E-state index >= 15 is 0 Å². The molecule has 1 heterocycles. The maximum absolute atomic E-state index is 2.82. The highest BCUT2D eigenvalue weighted by atomic mass is 32.1. The van der Waals surface area contributed by atoms with Gasteiger partial charge in [0.1, 0.15) is 0 Å². The fourth-order valence-electron chi connectivity index (χ4n) is 9.86. The smallest absolute Gasteiger partial charge is 0.135 e. The average molecular weight is 695 g/mol. The topological polar surface area (TPSA) is 0 Å². The Bertz CT molecular complexity index is 2700. The van der Waals surface area contributed by atoms with Crippen LogP contribution in [0, 0.1) is 0 Å². The van der Waals surface area contributed by atoms with E-state index in [4.69, 9.17) is 0 Å². The van der Waals surface area contributed by atoms with Gasteiger partial charge in [0.05, 0.1) is 0 Å². The molecule has 12 rings (SSSR count). The van der Waals surface area contributed by atoms with Crippen molar-refractivity contribution in [3.05, 3.63) is 228 Å². The molecule has 2 heteroatoms. The number of hydrogen-bond donors (Lipinski definition) is 0. The Morgan fingerprint density at radius 1 is 0.346 bits per heavy atom. The first-order chi connectivity index (χ1) is 25.8. The summed E-state index contributed by atoms with van der Waals surface area (Å²) in [5, 5.41) is 8.44. The van der Waals surface area contributed by atoms with Crippen molar-refractivity contribution in [2.24, 2.45) is 0 Å². The van der Waals surface area contributed by atoms with Crippen molar-refractivity contribution in [3.63, 3.8) is 0 Å². The lowest BCUT2D eigenvalue weighted by Gasteiger charge is -2.47. The molecule has 3 aliphatic carbocycles. The summed E-state index contributed by atoms with van der Waals surface area (Å²) in [5.74, 6) is 0.271. The maximum atomic E-state index is 2.50. The number of thiophene rings is 1. The van der Waals surface area contributed by atoms with Crippen LogP contribution in [0.3, 0.4) is 0 Å². The number of benzene rings is 8. The van der Waals surface area contributed by atoms with Gasteiger partial charge in [-0.25, -0.2) is 0 Å². The maximum Gasteiger partial charge on any atom is 0.179 e. The monoisotopic (exact) mass is 694 g/mol. The first-order valence-electron chi connectivity index (χ1n) is 18.3. The highest BCUT2D eigenvalue weighted by Gasteiger charge is 2.49. The first-order valence-corrected chi connectivity index (χ1v) is 21.1. The number of rotatable bonds is 5. The molecule has 52 heavy (non-hydrogen) atoms.